The maximum Gasteiger partial charge on any atom is 0.250 e. The molecular weight excluding hydrogens is 254 g/mol. The van der Waals surface area contributed by atoms with Crippen molar-refractivity contribution in [3.63, 3.8) is 0 Å². The van der Waals surface area contributed by atoms with Gasteiger partial charge in [-0.1, -0.05) is 12.1 Å². The molecule has 0 atom stereocenters. The topological polar surface area (TPSA) is 100 Å². The fourth-order valence-electron chi connectivity index (χ4n) is 2.28. The van der Waals surface area contributed by atoms with Gasteiger partial charge in [-0.25, -0.2) is 4.68 Å². The summed E-state index contributed by atoms with van der Waals surface area (Å²) in [6.07, 6.45) is 1.39. The number of aromatic amines is 1. The van der Waals surface area contributed by atoms with Gasteiger partial charge in [0.1, 0.15) is 17.5 Å². The van der Waals surface area contributed by atoms with Gasteiger partial charge in [0, 0.05) is 11.5 Å². The Balaban J connectivity index is 2.44. The number of hydrogen-bond acceptors (Lipinski definition) is 4. The number of hydrogen-bond donors (Lipinski definition) is 2. The third-order valence-corrected chi connectivity index (χ3v) is 3.21. The van der Waals surface area contributed by atoms with E-state index in [9.17, 15) is 4.79 Å². The number of H-pyrrole nitrogens is 1. The molecule has 3 N–H and O–H groups in total. The van der Waals surface area contributed by atoms with Gasteiger partial charge in [-0.15, -0.1) is 0 Å². The van der Waals surface area contributed by atoms with Crippen LogP contribution in [0.25, 0.3) is 16.6 Å². The van der Waals surface area contributed by atoms with E-state index in [2.05, 4.69) is 10.1 Å². The molecule has 3 rings (SSSR count). The summed E-state index contributed by atoms with van der Waals surface area (Å²) >= 11 is 0. The molecule has 0 aliphatic rings. The molecule has 2 heterocycles. The fraction of sp³-hybridized carbons (Fsp3) is 0.0714. The van der Waals surface area contributed by atoms with Crippen molar-refractivity contribution in [2.75, 3.05) is 5.73 Å². The van der Waals surface area contributed by atoms with Crippen molar-refractivity contribution in [2.45, 2.75) is 6.92 Å². The van der Waals surface area contributed by atoms with Crippen molar-refractivity contribution in [1.82, 2.24) is 14.8 Å². The van der Waals surface area contributed by atoms with Crippen LogP contribution in [-0.2, 0) is 0 Å². The van der Waals surface area contributed by atoms with E-state index in [1.54, 1.807) is 0 Å². The zero-order valence-corrected chi connectivity index (χ0v) is 10.7. The first-order chi connectivity index (χ1) is 9.61. The Hall–Kier alpha value is -3.07. The van der Waals surface area contributed by atoms with Gasteiger partial charge in [0.25, 0.3) is 5.56 Å². The van der Waals surface area contributed by atoms with Gasteiger partial charge in [0.05, 0.1) is 17.4 Å². The van der Waals surface area contributed by atoms with Crippen LogP contribution in [0.2, 0.25) is 0 Å². The normalized spacial score (nSPS) is 10.6. The lowest BCUT2D eigenvalue weighted by molar-refractivity contribution is 0.894. The molecule has 6 heteroatoms. The molecule has 98 valence electrons. The van der Waals surface area contributed by atoms with Crippen molar-refractivity contribution >= 4 is 16.7 Å². The minimum absolute atomic E-state index is 0.225. The van der Waals surface area contributed by atoms with Crippen LogP contribution >= 0.6 is 0 Å². The van der Waals surface area contributed by atoms with E-state index >= 15 is 0 Å². The summed E-state index contributed by atoms with van der Waals surface area (Å²) in [5.74, 6) is 0.225. The minimum atomic E-state index is -0.244. The third-order valence-electron chi connectivity index (χ3n) is 3.21. The highest BCUT2D eigenvalue weighted by molar-refractivity contribution is 5.90. The molecule has 0 saturated carbocycles. The van der Waals surface area contributed by atoms with Crippen LogP contribution in [-0.4, -0.2) is 14.8 Å². The van der Waals surface area contributed by atoms with Gasteiger partial charge in [-0.3, -0.25) is 4.79 Å². The largest absolute Gasteiger partial charge is 0.382 e. The second-order valence-corrected chi connectivity index (χ2v) is 4.48. The monoisotopic (exact) mass is 265 g/mol. The average Bonchev–Trinajstić information content (AvgIpc) is 2.78. The lowest BCUT2D eigenvalue weighted by atomic mass is 10.1. The number of fused-ring (bicyclic) bond motifs is 1. The molecular formula is C14H11N5O. The zero-order valence-electron chi connectivity index (χ0n) is 10.7. The summed E-state index contributed by atoms with van der Waals surface area (Å²) in [4.78, 5) is 14.6. The van der Waals surface area contributed by atoms with E-state index in [-0.39, 0.29) is 16.9 Å². The van der Waals surface area contributed by atoms with Crippen LogP contribution in [0.15, 0.2) is 35.3 Å². The summed E-state index contributed by atoms with van der Waals surface area (Å²) in [6, 6.07) is 9.02. The van der Waals surface area contributed by atoms with Crippen molar-refractivity contribution in [3.05, 3.63) is 51.9 Å². The molecule has 0 bridgehead atoms. The molecule has 0 amide bonds. The molecule has 0 aliphatic carbocycles. The van der Waals surface area contributed by atoms with E-state index in [1.807, 2.05) is 31.2 Å². The number of aromatic nitrogens is 3. The zero-order chi connectivity index (χ0) is 14.3. The Morgan fingerprint density at radius 1 is 1.45 bits per heavy atom. The Kier molecular flexibility index (Phi) is 2.54. The number of rotatable bonds is 1. The van der Waals surface area contributed by atoms with Crippen LogP contribution < -0.4 is 11.3 Å². The Morgan fingerprint density at radius 2 is 2.25 bits per heavy atom. The smallest absolute Gasteiger partial charge is 0.250 e. The van der Waals surface area contributed by atoms with Crippen LogP contribution in [0.3, 0.4) is 0 Å². The SMILES string of the molecule is Cc1cccc2[nH]c(=O)cc(-n3ncc(C#N)c3N)c12. The van der Waals surface area contributed by atoms with Crippen molar-refractivity contribution in [1.29, 1.82) is 5.26 Å². The molecule has 0 unspecified atom stereocenters. The van der Waals surface area contributed by atoms with Crippen molar-refractivity contribution in [2.24, 2.45) is 0 Å². The van der Waals surface area contributed by atoms with Gasteiger partial charge in [0.2, 0.25) is 0 Å². The van der Waals surface area contributed by atoms with Crippen LogP contribution in [0.5, 0.6) is 0 Å². The summed E-state index contributed by atoms with van der Waals surface area (Å²) in [6.45, 7) is 1.94. The number of pyridine rings is 1. The number of nitrogens with two attached hydrogens (primary N) is 1. The molecule has 3 aromatic rings. The van der Waals surface area contributed by atoms with Crippen molar-refractivity contribution < 1.29 is 0 Å². The molecule has 0 fully saturated rings. The van der Waals surface area contributed by atoms with E-state index < -0.39 is 0 Å². The fourth-order valence-corrected chi connectivity index (χ4v) is 2.28. The highest BCUT2D eigenvalue weighted by Crippen LogP contribution is 2.25. The summed E-state index contributed by atoms with van der Waals surface area (Å²) in [5, 5.41) is 13.9. The Morgan fingerprint density at radius 3 is 2.95 bits per heavy atom. The molecule has 0 radical (unpaired) electrons. The number of nitrogens with one attached hydrogen (secondary N) is 1. The van der Waals surface area contributed by atoms with Gasteiger partial charge in [0.15, 0.2) is 0 Å². The van der Waals surface area contributed by atoms with Crippen LogP contribution in [0.1, 0.15) is 11.1 Å². The van der Waals surface area contributed by atoms with Crippen molar-refractivity contribution in [3.8, 4) is 11.8 Å². The minimum Gasteiger partial charge on any atom is -0.382 e. The highest BCUT2D eigenvalue weighted by Gasteiger charge is 2.13. The first-order valence-electron chi connectivity index (χ1n) is 5.98. The molecule has 0 saturated heterocycles. The molecule has 1 aromatic carbocycles. The average molecular weight is 265 g/mol. The van der Waals surface area contributed by atoms with Crippen LogP contribution in [0.4, 0.5) is 5.82 Å². The quantitative estimate of drug-likeness (QED) is 0.695. The second kappa shape index (κ2) is 4.24. The third kappa shape index (κ3) is 1.65. The molecule has 0 aliphatic heterocycles. The van der Waals surface area contributed by atoms with Gasteiger partial charge in [-0.05, 0) is 18.6 Å². The summed E-state index contributed by atoms with van der Waals surface area (Å²) < 4.78 is 1.42. The predicted molar refractivity (Wildman–Crippen MR) is 75.6 cm³/mol. The number of nitriles is 1. The Labute approximate surface area is 114 Å². The van der Waals surface area contributed by atoms with Gasteiger partial charge in [-0.2, -0.15) is 10.4 Å². The molecule has 0 spiro atoms. The Bertz CT molecular complexity index is 913. The highest BCUT2D eigenvalue weighted by atomic mass is 16.1. The maximum atomic E-state index is 11.8. The lowest BCUT2D eigenvalue weighted by Crippen LogP contribution is -2.11. The number of benzene rings is 1. The number of anilines is 1. The summed E-state index contributed by atoms with van der Waals surface area (Å²) in [7, 11) is 0. The standard InChI is InChI=1S/C14H11N5O/c1-8-3-2-4-10-13(8)11(5-12(20)18-10)19-14(16)9(6-15)7-17-19/h2-5,7H,16H2,1H3,(H,18,20). The molecule has 20 heavy (non-hydrogen) atoms. The predicted octanol–water partition coefficient (Wildman–Crippen LogP) is 1.48. The number of nitrogen functional groups attached to an aromatic ring is 1. The van der Waals surface area contributed by atoms with E-state index in [0.717, 1.165) is 10.9 Å². The number of nitrogens with zero attached hydrogens (tertiary/aromatic N) is 3. The van der Waals surface area contributed by atoms with Gasteiger partial charge >= 0.3 is 0 Å². The first-order valence-corrected chi connectivity index (χ1v) is 5.98. The van der Waals surface area contributed by atoms with Crippen LogP contribution in [0, 0.1) is 18.3 Å². The molecule has 6 nitrogen and oxygen atoms in total. The maximum absolute atomic E-state index is 11.8. The first kappa shape index (κ1) is 12.0. The lowest BCUT2D eigenvalue weighted by Gasteiger charge is -2.10. The van der Waals surface area contributed by atoms with E-state index in [0.29, 0.717) is 11.2 Å². The number of aryl methyl sites for hydroxylation is 1. The molecule has 2 aromatic heterocycles. The van der Waals surface area contributed by atoms with E-state index in [1.165, 1.54) is 16.9 Å². The van der Waals surface area contributed by atoms with Gasteiger partial charge < -0.3 is 10.7 Å². The summed E-state index contributed by atoms with van der Waals surface area (Å²) in [5.41, 5.74) is 8.21. The van der Waals surface area contributed by atoms with E-state index in [4.69, 9.17) is 11.0 Å². The second-order valence-electron chi connectivity index (χ2n) is 4.48.